The first kappa shape index (κ1) is 11.6. The molecule has 0 saturated heterocycles. The second kappa shape index (κ2) is 5.48. The lowest BCUT2D eigenvalue weighted by atomic mass is 10.1. The highest BCUT2D eigenvalue weighted by molar-refractivity contribution is 9.10. The first-order valence-corrected chi connectivity index (χ1v) is 6.43. The summed E-state index contributed by atoms with van der Waals surface area (Å²) in [5, 5.41) is 0. The predicted octanol–water partition coefficient (Wildman–Crippen LogP) is 3.37. The molecular formula is C13H15BrO2. The van der Waals surface area contributed by atoms with Crippen LogP contribution in [0.25, 0.3) is 0 Å². The van der Waals surface area contributed by atoms with Crippen molar-refractivity contribution < 1.29 is 9.53 Å². The van der Waals surface area contributed by atoms with Gasteiger partial charge in [0.25, 0.3) is 0 Å². The number of aryl methyl sites for hydroxylation is 1. The van der Waals surface area contributed by atoms with Crippen LogP contribution in [-0.4, -0.2) is 12.9 Å². The van der Waals surface area contributed by atoms with Crippen LogP contribution in [0.1, 0.15) is 24.8 Å². The minimum absolute atomic E-state index is 0.568. The molecule has 1 aromatic carbocycles. The molecule has 0 bridgehead atoms. The molecule has 0 aliphatic heterocycles. The van der Waals surface area contributed by atoms with E-state index in [0.29, 0.717) is 6.42 Å². The van der Waals surface area contributed by atoms with Crippen molar-refractivity contribution in [1.29, 1.82) is 0 Å². The average Bonchev–Trinajstić information content (AvgIpc) is 3.07. The van der Waals surface area contributed by atoms with Crippen LogP contribution in [0.4, 0.5) is 0 Å². The molecule has 0 heterocycles. The van der Waals surface area contributed by atoms with E-state index in [1.165, 1.54) is 12.8 Å². The van der Waals surface area contributed by atoms with Crippen molar-refractivity contribution in [2.24, 2.45) is 5.92 Å². The topological polar surface area (TPSA) is 26.3 Å². The lowest BCUT2D eigenvalue weighted by Crippen LogP contribution is -1.99. The number of carbonyl (C=O) groups excluding carboxylic acids is 1. The van der Waals surface area contributed by atoms with E-state index in [4.69, 9.17) is 4.74 Å². The largest absolute Gasteiger partial charge is 0.493 e. The average molecular weight is 283 g/mol. The molecule has 1 fully saturated rings. The SMILES string of the molecule is O=CCCc1cc(Br)cc(OCC2CC2)c1. The Kier molecular flexibility index (Phi) is 3.99. The molecular weight excluding hydrogens is 268 g/mol. The molecule has 2 rings (SSSR count). The number of benzene rings is 1. The van der Waals surface area contributed by atoms with Gasteiger partial charge < -0.3 is 9.53 Å². The van der Waals surface area contributed by atoms with Crippen molar-refractivity contribution >= 4 is 22.2 Å². The van der Waals surface area contributed by atoms with Crippen LogP contribution >= 0.6 is 15.9 Å². The van der Waals surface area contributed by atoms with Crippen LogP contribution in [0.5, 0.6) is 5.75 Å². The number of ether oxygens (including phenoxy) is 1. The minimum atomic E-state index is 0.568. The van der Waals surface area contributed by atoms with Crippen LogP contribution in [0.2, 0.25) is 0 Å². The molecule has 1 aliphatic rings. The Hall–Kier alpha value is -0.830. The maximum atomic E-state index is 10.3. The third kappa shape index (κ3) is 3.63. The van der Waals surface area contributed by atoms with E-state index in [0.717, 1.165) is 41.0 Å². The molecule has 86 valence electrons. The minimum Gasteiger partial charge on any atom is -0.493 e. The molecule has 1 saturated carbocycles. The molecule has 0 amide bonds. The zero-order valence-electron chi connectivity index (χ0n) is 9.12. The van der Waals surface area contributed by atoms with Crippen molar-refractivity contribution in [3.63, 3.8) is 0 Å². The highest BCUT2D eigenvalue weighted by Gasteiger charge is 2.21. The number of carbonyl (C=O) groups is 1. The predicted molar refractivity (Wildman–Crippen MR) is 66.7 cm³/mol. The molecule has 3 heteroatoms. The Labute approximate surface area is 104 Å². The van der Waals surface area contributed by atoms with Crippen LogP contribution in [0.15, 0.2) is 22.7 Å². The molecule has 16 heavy (non-hydrogen) atoms. The number of rotatable bonds is 6. The number of hydrogen-bond acceptors (Lipinski definition) is 2. The Morgan fingerprint density at radius 1 is 1.38 bits per heavy atom. The summed E-state index contributed by atoms with van der Waals surface area (Å²) in [4.78, 5) is 10.3. The summed E-state index contributed by atoms with van der Waals surface area (Å²) < 4.78 is 6.73. The summed E-state index contributed by atoms with van der Waals surface area (Å²) in [7, 11) is 0. The van der Waals surface area contributed by atoms with E-state index in [1.807, 2.05) is 18.2 Å². The molecule has 0 atom stereocenters. The van der Waals surface area contributed by atoms with Crippen molar-refractivity contribution in [1.82, 2.24) is 0 Å². The van der Waals surface area contributed by atoms with Gasteiger partial charge in [-0.05, 0) is 48.9 Å². The van der Waals surface area contributed by atoms with Crippen molar-refractivity contribution in [3.8, 4) is 5.75 Å². The van der Waals surface area contributed by atoms with Gasteiger partial charge in [0.05, 0.1) is 6.61 Å². The third-order valence-corrected chi connectivity index (χ3v) is 3.12. The van der Waals surface area contributed by atoms with E-state index >= 15 is 0 Å². The number of hydrogen-bond donors (Lipinski definition) is 0. The summed E-state index contributed by atoms with van der Waals surface area (Å²) in [5.74, 6) is 1.67. The smallest absolute Gasteiger partial charge is 0.120 e. The summed E-state index contributed by atoms with van der Waals surface area (Å²) in [6, 6.07) is 6.04. The van der Waals surface area contributed by atoms with Gasteiger partial charge >= 0.3 is 0 Å². The van der Waals surface area contributed by atoms with Gasteiger partial charge in [-0.15, -0.1) is 0 Å². The molecule has 1 aromatic rings. The zero-order chi connectivity index (χ0) is 11.4. The fourth-order valence-corrected chi connectivity index (χ4v) is 2.09. The van der Waals surface area contributed by atoms with Gasteiger partial charge in [-0.2, -0.15) is 0 Å². The Morgan fingerprint density at radius 3 is 2.88 bits per heavy atom. The van der Waals surface area contributed by atoms with Gasteiger partial charge in [0.2, 0.25) is 0 Å². The van der Waals surface area contributed by atoms with Gasteiger partial charge in [-0.25, -0.2) is 0 Å². The highest BCUT2D eigenvalue weighted by atomic mass is 79.9. The van der Waals surface area contributed by atoms with E-state index in [-0.39, 0.29) is 0 Å². The van der Waals surface area contributed by atoms with Gasteiger partial charge in [0.1, 0.15) is 12.0 Å². The lowest BCUT2D eigenvalue weighted by molar-refractivity contribution is -0.107. The van der Waals surface area contributed by atoms with E-state index < -0.39 is 0 Å². The molecule has 0 spiro atoms. The first-order chi connectivity index (χ1) is 7.78. The molecule has 0 unspecified atom stereocenters. The van der Waals surface area contributed by atoms with Crippen LogP contribution in [0, 0.1) is 5.92 Å². The summed E-state index contributed by atoms with van der Waals surface area (Å²) in [6.45, 7) is 0.823. The normalized spacial score (nSPS) is 14.8. The fourth-order valence-electron chi connectivity index (χ4n) is 1.57. The van der Waals surface area contributed by atoms with Crippen LogP contribution in [-0.2, 0) is 11.2 Å². The second-order valence-corrected chi connectivity index (χ2v) is 5.17. The molecule has 2 nitrogen and oxygen atoms in total. The molecule has 0 N–H and O–H groups in total. The standard InChI is InChI=1S/C13H15BrO2/c14-12-6-11(2-1-5-15)7-13(8-12)16-9-10-3-4-10/h5-8,10H,1-4,9H2. The number of halogens is 1. The van der Waals surface area contributed by atoms with Crippen molar-refractivity contribution in [2.75, 3.05) is 6.61 Å². The summed E-state index contributed by atoms with van der Waals surface area (Å²) in [6.07, 6.45) is 4.89. The fraction of sp³-hybridized carbons (Fsp3) is 0.462. The Balaban J connectivity index is 1.98. The third-order valence-electron chi connectivity index (χ3n) is 2.66. The summed E-state index contributed by atoms with van der Waals surface area (Å²) in [5.41, 5.74) is 1.15. The summed E-state index contributed by atoms with van der Waals surface area (Å²) >= 11 is 3.46. The van der Waals surface area contributed by atoms with Gasteiger partial charge in [-0.1, -0.05) is 15.9 Å². The monoisotopic (exact) mass is 282 g/mol. The van der Waals surface area contributed by atoms with E-state index in [1.54, 1.807) is 0 Å². The van der Waals surface area contributed by atoms with E-state index in [9.17, 15) is 4.79 Å². The van der Waals surface area contributed by atoms with Crippen molar-refractivity contribution in [2.45, 2.75) is 25.7 Å². The quantitative estimate of drug-likeness (QED) is 0.748. The van der Waals surface area contributed by atoms with Gasteiger partial charge in [0.15, 0.2) is 0 Å². The maximum absolute atomic E-state index is 10.3. The molecule has 0 aromatic heterocycles. The first-order valence-electron chi connectivity index (χ1n) is 5.64. The van der Waals surface area contributed by atoms with Crippen molar-refractivity contribution in [3.05, 3.63) is 28.2 Å². The van der Waals surface area contributed by atoms with E-state index in [2.05, 4.69) is 15.9 Å². The number of aldehydes is 1. The lowest BCUT2D eigenvalue weighted by Gasteiger charge is -2.08. The van der Waals surface area contributed by atoms with Crippen LogP contribution < -0.4 is 4.74 Å². The maximum Gasteiger partial charge on any atom is 0.120 e. The zero-order valence-corrected chi connectivity index (χ0v) is 10.7. The van der Waals surface area contributed by atoms with Crippen LogP contribution in [0.3, 0.4) is 0 Å². The second-order valence-electron chi connectivity index (χ2n) is 4.25. The molecule has 1 aliphatic carbocycles. The highest BCUT2D eigenvalue weighted by Crippen LogP contribution is 2.30. The molecule has 0 radical (unpaired) electrons. The van der Waals surface area contributed by atoms with Gasteiger partial charge in [0, 0.05) is 10.9 Å². The Bertz CT molecular complexity index is 372. The Morgan fingerprint density at radius 2 is 2.19 bits per heavy atom. The van der Waals surface area contributed by atoms with Gasteiger partial charge in [-0.3, -0.25) is 0 Å².